The molecule has 4 N–H and O–H groups in total. The van der Waals surface area contributed by atoms with E-state index in [4.69, 9.17) is 5.11 Å². The fraction of sp³-hybridized carbons (Fsp3) is 0.333. The highest BCUT2D eigenvalue weighted by molar-refractivity contribution is 6.43. The number of halogens is 1. The highest BCUT2D eigenvalue weighted by Gasteiger charge is 2.32. The first kappa shape index (κ1) is 23.7. The molecule has 0 spiro atoms. The van der Waals surface area contributed by atoms with E-state index in [-0.39, 0.29) is 16.8 Å². The van der Waals surface area contributed by atoms with Crippen LogP contribution in [0.1, 0.15) is 44.6 Å². The molecule has 0 aliphatic rings. The molecule has 0 saturated carbocycles. The number of carbonyl (C=O) groups is 4. The number of nitrogens with zero attached hydrogens (tertiary/aromatic N) is 1. The summed E-state index contributed by atoms with van der Waals surface area (Å²) in [7, 11) is 1.49. The number of aliphatic hydroxyl groups is 1. The molecule has 2 aromatic rings. The first-order chi connectivity index (χ1) is 14.4. The van der Waals surface area contributed by atoms with Crippen LogP contribution in [0.3, 0.4) is 0 Å². The van der Waals surface area contributed by atoms with Gasteiger partial charge in [-0.15, -0.1) is 0 Å². The number of aliphatic hydroxyl groups excluding tert-OH is 1. The van der Waals surface area contributed by atoms with E-state index in [2.05, 4.69) is 5.32 Å². The molecule has 2 rings (SSSR count). The van der Waals surface area contributed by atoms with E-state index < -0.39 is 41.5 Å². The number of aliphatic carboxylic acids is 1. The minimum absolute atomic E-state index is 0.0924. The number of ketones is 1. The lowest BCUT2D eigenvalue weighted by Crippen LogP contribution is -2.50. The van der Waals surface area contributed by atoms with Crippen LogP contribution in [0.2, 0.25) is 0 Å². The van der Waals surface area contributed by atoms with E-state index in [0.717, 1.165) is 0 Å². The maximum Gasteiger partial charge on any atom is 0.328 e. The summed E-state index contributed by atoms with van der Waals surface area (Å²) in [4.78, 5) is 49.0. The van der Waals surface area contributed by atoms with Gasteiger partial charge in [0.2, 0.25) is 0 Å². The highest BCUT2D eigenvalue weighted by atomic mass is 19.1. The van der Waals surface area contributed by atoms with Gasteiger partial charge in [0.15, 0.2) is 6.04 Å². The lowest BCUT2D eigenvalue weighted by molar-refractivity contribution is -0.144. The summed E-state index contributed by atoms with van der Waals surface area (Å²) in [5, 5.41) is 23.2. The summed E-state index contributed by atoms with van der Waals surface area (Å²) in [5.74, 6) is -4.74. The third kappa shape index (κ3) is 4.80. The third-order valence-corrected chi connectivity index (χ3v) is 5.03. The normalized spacial score (nSPS) is 12.7. The van der Waals surface area contributed by atoms with Crippen molar-refractivity contribution in [1.82, 2.24) is 9.88 Å². The van der Waals surface area contributed by atoms with Crippen molar-refractivity contribution in [1.29, 1.82) is 0 Å². The van der Waals surface area contributed by atoms with Crippen LogP contribution in [-0.4, -0.2) is 50.5 Å². The van der Waals surface area contributed by atoms with Crippen LogP contribution >= 0.6 is 0 Å². The van der Waals surface area contributed by atoms with E-state index in [1.54, 1.807) is 13.8 Å². The second-order valence-corrected chi connectivity index (χ2v) is 7.27. The maximum atomic E-state index is 13.5. The number of hydrogen-bond acceptors (Lipinski definition) is 5. The van der Waals surface area contributed by atoms with Crippen molar-refractivity contribution in [3.63, 3.8) is 0 Å². The van der Waals surface area contributed by atoms with Gasteiger partial charge in [0, 0.05) is 18.4 Å². The van der Waals surface area contributed by atoms with Gasteiger partial charge in [0.25, 0.3) is 17.6 Å². The number of benzene rings is 1. The largest absolute Gasteiger partial charge is 0.480 e. The van der Waals surface area contributed by atoms with Crippen molar-refractivity contribution < 1.29 is 33.8 Å². The second-order valence-electron chi connectivity index (χ2n) is 7.27. The molecule has 0 bridgehead atoms. The summed E-state index contributed by atoms with van der Waals surface area (Å²) in [6, 6.07) is 2.41. The number of aryl methyl sites for hydroxylation is 1. The van der Waals surface area contributed by atoms with E-state index >= 15 is 0 Å². The molecular formula is C21H24FN3O6. The van der Waals surface area contributed by atoms with E-state index in [9.17, 15) is 28.7 Å². The maximum absolute atomic E-state index is 13.5. The van der Waals surface area contributed by atoms with E-state index in [1.165, 1.54) is 43.7 Å². The zero-order valence-corrected chi connectivity index (χ0v) is 17.7. The average molecular weight is 433 g/mol. The van der Waals surface area contributed by atoms with Crippen molar-refractivity contribution >= 4 is 29.3 Å². The molecule has 0 aliphatic carbocycles. The Morgan fingerprint density at radius 2 is 1.74 bits per heavy atom. The number of carboxylic acids is 1. The number of carboxylic acid groups (broad SMARTS) is 1. The lowest BCUT2D eigenvalue weighted by atomic mass is 10.1. The summed E-state index contributed by atoms with van der Waals surface area (Å²) in [5.41, 5.74) is 1.39. The summed E-state index contributed by atoms with van der Waals surface area (Å²) in [6.45, 7) is 5.79. The Morgan fingerprint density at radius 1 is 1.13 bits per heavy atom. The van der Waals surface area contributed by atoms with E-state index in [0.29, 0.717) is 16.9 Å². The van der Waals surface area contributed by atoms with Crippen LogP contribution in [0.25, 0.3) is 0 Å². The lowest BCUT2D eigenvalue weighted by Gasteiger charge is -2.16. The molecule has 9 nitrogen and oxygen atoms in total. The number of aromatic nitrogens is 1. The zero-order chi connectivity index (χ0) is 23.6. The van der Waals surface area contributed by atoms with Gasteiger partial charge in [-0.3, -0.25) is 14.4 Å². The van der Waals surface area contributed by atoms with E-state index in [1.807, 2.05) is 5.32 Å². The van der Waals surface area contributed by atoms with Gasteiger partial charge >= 0.3 is 5.97 Å². The van der Waals surface area contributed by atoms with Crippen LogP contribution < -0.4 is 10.6 Å². The number of hydrogen-bond donors (Lipinski definition) is 4. The molecule has 0 unspecified atom stereocenters. The highest BCUT2D eigenvalue weighted by Crippen LogP contribution is 2.24. The zero-order valence-electron chi connectivity index (χ0n) is 17.7. The Bertz CT molecular complexity index is 1070. The predicted molar refractivity (Wildman–Crippen MR) is 110 cm³/mol. The van der Waals surface area contributed by atoms with Crippen molar-refractivity contribution in [2.24, 2.45) is 7.05 Å². The SMILES string of the molecule is Cc1cc(NC(=O)c2c(C)c(C(=O)C(=O)N[C@H](C(=O)O)[C@H](C)O)n(C)c2C)ccc1F. The van der Waals surface area contributed by atoms with Crippen molar-refractivity contribution in [2.45, 2.75) is 39.8 Å². The molecule has 2 atom stereocenters. The predicted octanol–water partition coefficient (Wildman–Crippen LogP) is 1.47. The molecule has 31 heavy (non-hydrogen) atoms. The Balaban J connectivity index is 2.35. The van der Waals surface area contributed by atoms with Crippen LogP contribution in [0.5, 0.6) is 0 Å². The number of carbonyl (C=O) groups excluding carboxylic acids is 3. The minimum atomic E-state index is -1.66. The van der Waals surface area contributed by atoms with Gasteiger partial charge in [-0.25, -0.2) is 9.18 Å². The summed E-state index contributed by atoms with van der Waals surface area (Å²) in [6.07, 6.45) is -1.43. The minimum Gasteiger partial charge on any atom is -0.480 e. The topological polar surface area (TPSA) is 138 Å². The van der Waals surface area contributed by atoms with Crippen LogP contribution in [0.15, 0.2) is 18.2 Å². The van der Waals surface area contributed by atoms with Gasteiger partial charge < -0.3 is 25.4 Å². The number of rotatable bonds is 7. The molecule has 10 heteroatoms. The molecule has 0 radical (unpaired) electrons. The van der Waals surface area contributed by atoms with Crippen LogP contribution in [-0.2, 0) is 16.6 Å². The van der Waals surface area contributed by atoms with Crippen LogP contribution in [0.4, 0.5) is 10.1 Å². The molecule has 1 aromatic heterocycles. The Hall–Kier alpha value is -3.53. The van der Waals surface area contributed by atoms with Crippen molar-refractivity contribution in [2.75, 3.05) is 5.32 Å². The molecule has 2 amide bonds. The molecule has 0 fully saturated rings. The number of anilines is 1. The Labute approximate surface area is 177 Å². The summed E-state index contributed by atoms with van der Waals surface area (Å²) >= 11 is 0. The number of nitrogens with one attached hydrogen (secondary N) is 2. The van der Waals surface area contributed by atoms with Gasteiger partial charge in [-0.1, -0.05) is 0 Å². The summed E-state index contributed by atoms with van der Waals surface area (Å²) < 4.78 is 14.8. The fourth-order valence-electron chi connectivity index (χ4n) is 3.25. The Kier molecular flexibility index (Phi) is 6.96. The average Bonchev–Trinajstić information content (AvgIpc) is 2.90. The fourth-order valence-corrected chi connectivity index (χ4v) is 3.25. The molecular weight excluding hydrogens is 409 g/mol. The number of amides is 2. The monoisotopic (exact) mass is 433 g/mol. The molecule has 166 valence electrons. The molecule has 0 aliphatic heterocycles. The smallest absolute Gasteiger partial charge is 0.328 e. The molecule has 0 saturated heterocycles. The first-order valence-electron chi connectivity index (χ1n) is 9.36. The van der Waals surface area contributed by atoms with Gasteiger partial charge in [-0.05, 0) is 57.0 Å². The van der Waals surface area contributed by atoms with Gasteiger partial charge in [-0.2, -0.15) is 0 Å². The molecule has 1 aromatic carbocycles. The number of Topliss-reactive ketones (excluding diaryl/α,β-unsaturated/α-hetero) is 1. The van der Waals surface area contributed by atoms with Crippen LogP contribution in [0, 0.1) is 26.6 Å². The van der Waals surface area contributed by atoms with Crippen molar-refractivity contribution in [3.05, 3.63) is 52.1 Å². The van der Waals surface area contributed by atoms with Gasteiger partial charge in [0.05, 0.1) is 17.4 Å². The third-order valence-electron chi connectivity index (χ3n) is 5.03. The standard InChI is InChI=1S/C21H24FN3O6/c1-9-8-13(6-7-14(9)22)23-19(28)15-10(2)17(25(5)11(15)3)18(27)20(29)24-16(12(4)26)21(30)31/h6-8,12,16,26H,1-5H3,(H,23,28)(H,24,29)(H,30,31)/t12-,16-/m0/s1. The molecule has 1 heterocycles. The Morgan fingerprint density at radius 3 is 2.26 bits per heavy atom. The van der Waals surface area contributed by atoms with Crippen molar-refractivity contribution in [3.8, 4) is 0 Å². The quantitative estimate of drug-likeness (QED) is 0.385. The van der Waals surface area contributed by atoms with Gasteiger partial charge in [0.1, 0.15) is 5.82 Å². The second kappa shape index (κ2) is 9.09. The first-order valence-corrected chi connectivity index (χ1v) is 9.36.